The summed E-state index contributed by atoms with van der Waals surface area (Å²) in [6.45, 7) is 0.716. The molecule has 0 aliphatic carbocycles. The van der Waals surface area contributed by atoms with Crippen LogP contribution < -0.4 is 5.32 Å². The summed E-state index contributed by atoms with van der Waals surface area (Å²) in [5.74, 6) is 0.683. The maximum atomic E-state index is 13.6. The Hall–Kier alpha value is -2.18. The van der Waals surface area contributed by atoms with Gasteiger partial charge in [0.2, 0.25) is 0 Å². The van der Waals surface area contributed by atoms with E-state index >= 15 is 0 Å². The molecular weight excluding hydrogens is 410 g/mol. The van der Waals surface area contributed by atoms with Crippen LogP contribution in [0.4, 0.5) is 19.0 Å². The Bertz CT molecular complexity index is 1010. The molecule has 0 saturated carbocycles. The van der Waals surface area contributed by atoms with Gasteiger partial charge in [0.15, 0.2) is 0 Å². The van der Waals surface area contributed by atoms with Crippen LogP contribution >= 0.6 is 23.2 Å². The van der Waals surface area contributed by atoms with E-state index in [-0.39, 0.29) is 5.56 Å². The second kappa shape index (κ2) is 7.33. The molecule has 2 aromatic carbocycles. The lowest BCUT2D eigenvalue weighted by atomic mass is 9.99. The van der Waals surface area contributed by atoms with Gasteiger partial charge in [-0.3, -0.25) is 0 Å². The summed E-state index contributed by atoms with van der Waals surface area (Å²) in [5.41, 5.74) is 1.07. The average Bonchev–Trinajstić information content (AvgIpc) is 2.81. The van der Waals surface area contributed by atoms with Crippen LogP contribution in [0.2, 0.25) is 10.0 Å². The molecule has 1 aromatic heterocycles. The Morgan fingerprint density at radius 1 is 1.00 bits per heavy atom. The summed E-state index contributed by atoms with van der Waals surface area (Å²) >= 11 is 12.3. The first-order valence-corrected chi connectivity index (χ1v) is 9.59. The Morgan fingerprint density at radius 2 is 1.71 bits per heavy atom. The molecule has 0 amide bonds. The van der Waals surface area contributed by atoms with Crippen molar-refractivity contribution in [2.24, 2.45) is 0 Å². The van der Waals surface area contributed by atoms with Crippen molar-refractivity contribution in [3.8, 4) is 16.9 Å². The highest BCUT2D eigenvalue weighted by molar-refractivity contribution is 6.34. The molecule has 28 heavy (non-hydrogen) atoms. The number of anilines is 1. The molecule has 0 saturated heterocycles. The van der Waals surface area contributed by atoms with Crippen molar-refractivity contribution < 1.29 is 13.2 Å². The summed E-state index contributed by atoms with van der Waals surface area (Å²) in [7, 11) is 0. The molecule has 8 heteroatoms. The Morgan fingerprint density at radius 3 is 2.43 bits per heavy atom. The van der Waals surface area contributed by atoms with Crippen molar-refractivity contribution >= 4 is 29.0 Å². The molecule has 0 spiro atoms. The van der Waals surface area contributed by atoms with Gasteiger partial charge in [0.1, 0.15) is 5.82 Å². The zero-order chi connectivity index (χ0) is 19.9. The topological polar surface area (TPSA) is 29.9 Å². The van der Waals surface area contributed by atoms with E-state index in [0.29, 0.717) is 40.2 Å². The lowest BCUT2D eigenvalue weighted by Gasteiger charge is -2.12. The first-order valence-electron chi connectivity index (χ1n) is 8.83. The van der Waals surface area contributed by atoms with Crippen LogP contribution in [-0.2, 0) is 12.6 Å². The van der Waals surface area contributed by atoms with Crippen LogP contribution in [0.25, 0.3) is 16.9 Å². The van der Waals surface area contributed by atoms with Crippen LogP contribution in [0.1, 0.15) is 24.0 Å². The summed E-state index contributed by atoms with van der Waals surface area (Å²) in [6, 6.07) is 10.5. The summed E-state index contributed by atoms with van der Waals surface area (Å²) in [4.78, 5) is 0. The molecule has 3 nitrogen and oxygen atoms in total. The number of aromatic nitrogens is 2. The van der Waals surface area contributed by atoms with Gasteiger partial charge in [0.25, 0.3) is 0 Å². The second-order valence-electron chi connectivity index (χ2n) is 6.64. The van der Waals surface area contributed by atoms with Gasteiger partial charge in [0.05, 0.1) is 16.9 Å². The predicted molar refractivity (Wildman–Crippen MR) is 105 cm³/mol. The number of nitrogens with one attached hydrogen (secondary N) is 1. The number of rotatable bonds is 2. The van der Waals surface area contributed by atoms with Gasteiger partial charge in [-0.2, -0.15) is 18.3 Å². The fourth-order valence-electron chi connectivity index (χ4n) is 3.50. The Labute approximate surface area is 170 Å². The Balaban J connectivity index is 1.97. The standard InChI is InChI=1S/C20H16Cl2F3N3/c21-12-9-13(22)11-14(10-12)28-19-16(6-3-4-8-26-19)18(27-28)15-5-1-2-7-17(15)20(23,24)25/h1-2,5,7,9-11,26H,3-4,6,8H2. The minimum Gasteiger partial charge on any atom is -0.370 e. The van der Waals surface area contributed by atoms with E-state index in [1.807, 2.05) is 0 Å². The smallest absolute Gasteiger partial charge is 0.370 e. The number of hydrogen-bond donors (Lipinski definition) is 1. The summed E-state index contributed by atoms with van der Waals surface area (Å²) in [5, 5.41) is 8.74. The molecule has 3 aromatic rings. The molecule has 2 heterocycles. The van der Waals surface area contributed by atoms with Gasteiger partial charge in [0, 0.05) is 27.7 Å². The van der Waals surface area contributed by atoms with Gasteiger partial charge in [-0.1, -0.05) is 41.4 Å². The zero-order valence-electron chi connectivity index (χ0n) is 14.7. The lowest BCUT2D eigenvalue weighted by molar-refractivity contribution is -0.137. The maximum Gasteiger partial charge on any atom is 0.417 e. The average molecular weight is 426 g/mol. The molecule has 1 N–H and O–H groups in total. The molecule has 0 bridgehead atoms. The molecule has 0 radical (unpaired) electrons. The van der Waals surface area contributed by atoms with Crippen LogP contribution in [-0.4, -0.2) is 16.3 Å². The van der Waals surface area contributed by atoms with Crippen molar-refractivity contribution in [1.82, 2.24) is 9.78 Å². The van der Waals surface area contributed by atoms with E-state index in [0.717, 1.165) is 24.5 Å². The van der Waals surface area contributed by atoms with Gasteiger partial charge in [-0.15, -0.1) is 0 Å². The fraction of sp³-hybridized carbons (Fsp3) is 0.250. The van der Waals surface area contributed by atoms with Crippen molar-refractivity contribution in [1.29, 1.82) is 0 Å². The third kappa shape index (κ3) is 3.59. The first-order chi connectivity index (χ1) is 13.3. The van der Waals surface area contributed by atoms with Crippen LogP contribution in [0.5, 0.6) is 0 Å². The largest absolute Gasteiger partial charge is 0.417 e. The maximum absolute atomic E-state index is 13.6. The highest BCUT2D eigenvalue weighted by Gasteiger charge is 2.35. The quantitative estimate of drug-likeness (QED) is 0.500. The minimum atomic E-state index is -4.47. The molecule has 0 fully saturated rings. The monoisotopic (exact) mass is 425 g/mol. The molecule has 1 aliphatic heterocycles. The van der Waals surface area contributed by atoms with E-state index in [2.05, 4.69) is 10.4 Å². The van der Waals surface area contributed by atoms with Crippen LogP contribution in [0.3, 0.4) is 0 Å². The zero-order valence-corrected chi connectivity index (χ0v) is 16.2. The fourth-order valence-corrected chi connectivity index (χ4v) is 4.02. The molecular formula is C20H16Cl2F3N3. The minimum absolute atomic E-state index is 0.0711. The third-order valence-corrected chi connectivity index (χ3v) is 5.15. The van der Waals surface area contributed by atoms with Crippen molar-refractivity contribution in [2.75, 3.05) is 11.9 Å². The van der Waals surface area contributed by atoms with E-state index in [9.17, 15) is 13.2 Å². The van der Waals surface area contributed by atoms with Crippen molar-refractivity contribution in [2.45, 2.75) is 25.4 Å². The van der Waals surface area contributed by atoms with Gasteiger partial charge < -0.3 is 5.32 Å². The highest BCUT2D eigenvalue weighted by Crippen LogP contribution is 2.41. The van der Waals surface area contributed by atoms with E-state index < -0.39 is 11.7 Å². The van der Waals surface area contributed by atoms with Gasteiger partial charge in [-0.25, -0.2) is 4.68 Å². The van der Waals surface area contributed by atoms with E-state index in [1.165, 1.54) is 12.1 Å². The summed E-state index contributed by atoms with van der Waals surface area (Å²) < 4.78 is 42.4. The number of alkyl halides is 3. The second-order valence-corrected chi connectivity index (χ2v) is 7.52. The van der Waals surface area contributed by atoms with E-state index in [1.54, 1.807) is 28.9 Å². The summed E-state index contributed by atoms with van der Waals surface area (Å²) in [6.07, 6.45) is -2.04. The van der Waals surface area contributed by atoms with Crippen LogP contribution in [0.15, 0.2) is 42.5 Å². The number of nitrogens with zero attached hydrogens (tertiary/aromatic N) is 2. The lowest BCUT2D eigenvalue weighted by Crippen LogP contribution is -2.08. The number of fused-ring (bicyclic) bond motifs is 1. The number of hydrogen-bond acceptors (Lipinski definition) is 2. The SMILES string of the molecule is FC(F)(F)c1ccccc1-c1nn(-c2cc(Cl)cc(Cl)c2)c2c1CCCCN2. The Kier molecular flexibility index (Phi) is 5.02. The number of halogens is 5. The van der Waals surface area contributed by atoms with Crippen LogP contribution in [0, 0.1) is 0 Å². The molecule has 1 aliphatic rings. The molecule has 0 atom stereocenters. The molecule has 146 valence electrons. The number of benzene rings is 2. The predicted octanol–water partition coefficient (Wildman–Crippen LogP) is 6.61. The van der Waals surface area contributed by atoms with Crippen molar-refractivity contribution in [3.63, 3.8) is 0 Å². The van der Waals surface area contributed by atoms with Gasteiger partial charge in [-0.05, 0) is 43.5 Å². The third-order valence-electron chi connectivity index (χ3n) is 4.71. The first kappa shape index (κ1) is 19.2. The van der Waals surface area contributed by atoms with Crippen molar-refractivity contribution in [3.05, 3.63) is 63.6 Å². The molecule has 4 rings (SSSR count). The van der Waals surface area contributed by atoms with E-state index in [4.69, 9.17) is 23.2 Å². The van der Waals surface area contributed by atoms with Gasteiger partial charge >= 0.3 is 6.18 Å². The highest BCUT2D eigenvalue weighted by atomic mass is 35.5. The molecule has 0 unspecified atom stereocenters. The normalized spacial score (nSPS) is 14.3.